The number of aliphatic carboxylic acids is 1. The van der Waals surface area contributed by atoms with Crippen molar-refractivity contribution in [3.8, 4) is 5.75 Å². The van der Waals surface area contributed by atoms with Gasteiger partial charge in [-0.2, -0.15) is 0 Å². The van der Waals surface area contributed by atoms with Crippen LogP contribution in [0.25, 0.3) is 0 Å². The molecule has 3 N–H and O–H groups in total. The maximum absolute atomic E-state index is 14.2. The van der Waals surface area contributed by atoms with Gasteiger partial charge in [0.25, 0.3) is 0 Å². The number of nitrogens with one attached hydrogen (secondary N) is 2. The summed E-state index contributed by atoms with van der Waals surface area (Å²) in [6.07, 6.45) is 5.06. The molecule has 4 amide bonds. The Hall–Kier alpha value is -4.37. The third kappa shape index (κ3) is 9.60. The minimum absolute atomic E-state index is 0.0272. The lowest BCUT2D eigenvalue weighted by molar-refractivity contribution is -0.145. The van der Waals surface area contributed by atoms with E-state index < -0.39 is 59.3 Å². The molecule has 4 heterocycles. The number of fused-ring (bicyclic) bond motifs is 3. The lowest BCUT2D eigenvalue weighted by atomic mass is 10.0. The molecule has 15 heteroatoms. The van der Waals surface area contributed by atoms with E-state index in [4.69, 9.17) is 18.9 Å². The first-order valence-electron chi connectivity index (χ1n) is 18.8. The topological polar surface area (TPSA) is 176 Å². The molecule has 0 aromatic heterocycles. The highest BCUT2D eigenvalue weighted by Crippen LogP contribution is 2.45. The van der Waals surface area contributed by atoms with Crippen LogP contribution in [-0.4, -0.2) is 125 Å². The Labute approximate surface area is 310 Å². The van der Waals surface area contributed by atoms with E-state index in [0.717, 1.165) is 69.0 Å². The lowest BCUT2D eigenvalue weighted by Gasteiger charge is -2.30. The van der Waals surface area contributed by atoms with Crippen molar-refractivity contribution in [1.82, 2.24) is 25.3 Å². The smallest absolute Gasteiger partial charge is 0.410 e. The molecule has 5 aliphatic rings. The number of benzene rings is 1. The number of morpholine rings is 1. The maximum Gasteiger partial charge on any atom is 0.410 e. The summed E-state index contributed by atoms with van der Waals surface area (Å²) in [4.78, 5) is 72.1. The first kappa shape index (κ1) is 38.4. The van der Waals surface area contributed by atoms with Crippen LogP contribution in [0.2, 0.25) is 0 Å². The molecule has 1 aliphatic carbocycles. The Bertz CT molecular complexity index is 1570. The molecule has 0 unspecified atom stereocenters. The number of hydrogen-bond donors (Lipinski definition) is 3. The Kier molecular flexibility index (Phi) is 11.8. The molecule has 0 bridgehead atoms. The number of amides is 4. The van der Waals surface area contributed by atoms with E-state index >= 15 is 0 Å². The molecule has 15 nitrogen and oxygen atoms in total. The van der Waals surface area contributed by atoms with Crippen molar-refractivity contribution in [2.24, 2.45) is 5.92 Å². The van der Waals surface area contributed by atoms with E-state index in [-0.39, 0.29) is 25.3 Å². The van der Waals surface area contributed by atoms with Crippen molar-refractivity contribution in [1.29, 1.82) is 0 Å². The molecule has 290 valence electrons. The van der Waals surface area contributed by atoms with Gasteiger partial charge in [-0.25, -0.2) is 14.4 Å². The second-order valence-electron chi connectivity index (χ2n) is 15.7. The SMILES string of the molecule is CC(C)(C)OC(=O)N[C@H]1CCCCC/C=C\[C@@H]2C[C@@]2(C(=O)O)NC(=O)[C@@H]2C[C@@H](OC(=O)N3Cc4ccc(OCCN5CCOCC5)cc4C3)CN2C1=O. The molecule has 3 fully saturated rings. The predicted octanol–water partition coefficient (Wildman–Crippen LogP) is 3.19. The number of carboxylic acids is 1. The standard InChI is InChI=1S/C38H53N5O10/c1-37(2,3)53-35(48)39-30-10-8-6-4-5-7-9-27-21-38(27,34(46)47)40-32(44)31-20-29(24-43(31)33(30)45)52-36(49)42-22-25-11-12-28(19-26(25)23-42)51-18-15-41-13-16-50-17-14-41/h7,9,11-12,19,27,29-31H,4-6,8,10,13-18,20-24H2,1-3H3,(H,39,48)(H,40,44)(H,46,47)/b9-7-/t27-,29-,30+,31+,38-/m1/s1. The number of allylic oxidation sites excluding steroid dienone is 1. The lowest BCUT2D eigenvalue weighted by Crippen LogP contribution is -2.56. The second-order valence-corrected chi connectivity index (χ2v) is 15.7. The normalized spacial score (nSPS) is 28.7. The van der Waals surface area contributed by atoms with Crippen molar-refractivity contribution in [2.75, 3.05) is 46.0 Å². The molecule has 6 rings (SSSR count). The number of nitrogens with zero attached hydrogens (tertiary/aromatic N) is 3. The van der Waals surface area contributed by atoms with Gasteiger partial charge >= 0.3 is 18.2 Å². The highest BCUT2D eigenvalue weighted by Gasteiger charge is 2.61. The number of hydrogen-bond acceptors (Lipinski definition) is 10. The Morgan fingerprint density at radius 2 is 1.85 bits per heavy atom. The van der Waals surface area contributed by atoms with Crippen LogP contribution < -0.4 is 15.4 Å². The molecular formula is C38H53N5O10. The van der Waals surface area contributed by atoms with Crippen LogP contribution in [0.4, 0.5) is 9.59 Å². The fourth-order valence-corrected chi connectivity index (χ4v) is 7.52. The van der Waals surface area contributed by atoms with Gasteiger partial charge in [-0.1, -0.05) is 31.1 Å². The van der Waals surface area contributed by atoms with Gasteiger partial charge in [0.15, 0.2) is 0 Å². The molecule has 0 radical (unpaired) electrons. The molecule has 4 aliphatic heterocycles. The molecule has 5 atom stereocenters. The summed E-state index contributed by atoms with van der Waals surface area (Å²) in [5.41, 5.74) is -0.354. The van der Waals surface area contributed by atoms with Gasteiger partial charge < -0.3 is 39.6 Å². The van der Waals surface area contributed by atoms with Gasteiger partial charge in [-0.05, 0) is 69.7 Å². The average Bonchev–Trinajstić information content (AvgIpc) is 3.41. The second kappa shape index (κ2) is 16.3. The molecule has 1 aromatic carbocycles. The minimum Gasteiger partial charge on any atom is -0.492 e. The summed E-state index contributed by atoms with van der Waals surface area (Å²) >= 11 is 0. The summed E-state index contributed by atoms with van der Waals surface area (Å²) < 4.78 is 22.8. The van der Waals surface area contributed by atoms with Gasteiger partial charge in [-0.15, -0.1) is 0 Å². The number of alkyl carbamates (subject to hydrolysis) is 1. The number of carbonyl (C=O) groups is 5. The molecule has 2 saturated heterocycles. The number of carboxylic acid groups (broad SMARTS) is 1. The summed E-state index contributed by atoms with van der Waals surface area (Å²) in [7, 11) is 0. The van der Waals surface area contributed by atoms with E-state index in [9.17, 15) is 29.1 Å². The van der Waals surface area contributed by atoms with Crippen LogP contribution >= 0.6 is 0 Å². The average molecular weight is 740 g/mol. The van der Waals surface area contributed by atoms with Crippen LogP contribution in [0.5, 0.6) is 5.75 Å². The zero-order valence-electron chi connectivity index (χ0n) is 31.0. The van der Waals surface area contributed by atoms with E-state index in [1.807, 2.05) is 30.4 Å². The number of rotatable bonds is 7. The van der Waals surface area contributed by atoms with Crippen molar-refractivity contribution in [2.45, 2.75) is 108 Å². The third-order valence-corrected chi connectivity index (χ3v) is 10.5. The van der Waals surface area contributed by atoms with Gasteiger partial charge in [-0.3, -0.25) is 19.4 Å². The third-order valence-electron chi connectivity index (χ3n) is 10.5. The Morgan fingerprint density at radius 1 is 1.08 bits per heavy atom. The first-order valence-corrected chi connectivity index (χ1v) is 18.8. The monoisotopic (exact) mass is 739 g/mol. The van der Waals surface area contributed by atoms with E-state index in [2.05, 4.69) is 15.5 Å². The van der Waals surface area contributed by atoms with Gasteiger partial charge in [0.1, 0.15) is 41.7 Å². The summed E-state index contributed by atoms with van der Waals surface area (Å²) in [6, 6.07) is 3.65. The van der Waals surface area contributed by atoms with Crippen LogP contribution in [0.1, 0.15) is 76.8 Å². The van der Waals surface area contributed by atoms with Crippen LogP contribution in [0.15, 0.2) is 30.4 Å². The van der Waals surface area contributed by atoms with Gasteiger partial charge in [0.2, 0.25) is 11.8 Å². The zero-order valence-corrected chi connectivity index (χ0v) is 31.0. The fraction of sp³-hybridized carbons (Fsp3) is 0.658. The molecular weight excluding hydrogens is 686 g/mol. The van der Waals surface area contributed by atoms with E-state index in [1.165, 1.54) is 4.90 Å². The first-order chi connectivity index (χ1) is 25.3. The van der Waals surface area contributed by atoms with Gasteiger partial charge in [0, 0.05) is 45.1 Å². The molecule has 1 aromatic rings. The summed E-state index contributed by atoms with van der Waals surface area (Å²) in [5, 5.41) is 15.6. The van der Waals surface area contributed by atoms with Gasteiger partial charge in [0.05, 0.1) is 19.8 Å². The highest BCUT2D eigenvalue weighted by molar-refractivity contribution is 5.96. The molecule has 1 saturated carbocycles. The van der Waals surface area contributed by atoms with Crippen molar-refractivity contribution >= 4 is 30.0 Å². The fourth-order valence-electron chi connectivity index (χ4n) is 7.52. The van der Waals surface area contributed by atoms with E-state index in [0.29, 0.717) is 32.5 Å². The highest BCUT2D eigenvalue weighted by atomic mass is 16.6. The van der Waals surface area contributed by atoms with Crippen LogP contribution in [-0.2, 0) is 41.7 Å². The molecule has 53 heavy (non-hydrogen) atoms. The number of carbonyl (C=O) groups excluding carboxylic acids is 4. The predicted molar refractivity (Wildman–Crippen MR) is 191 cm³/mol. The van der Waals surface area contributed by atoms with E-state index in [1.54, 1.807) is 25.7 Å². The quantitative estimate of drug-likeness (QED) is 0.350. The minimum atomic E-state index is -1.47. The van der Waals surface area contributed by atoms with Crippen molar-refractivity contribution in [3.63, 3.8) is 0 Å². The maximum atomic E-state index is 14.2. The Morgan fingerprint density at radius 3 is 2.60 bits per heavy atom. The Balaban J connectivity index is 1.13. The molecule has 0 spiro atoms. The largest absolute Gasteiger partial charge is 0.492 e. The zero-order chi connectivity index (χ0) is 37.8. The van der Waals surface area contributed by atoms with Crippen molar-refractivity contribution < 1.29 is 48.0 Å². The van der Waals surface area contributed by atoms with Crippen LogP contribution in [0.3, 0.4) is 0 Å². The summed E-state index contributed by atoms with van der Waals surface area (Å²) in [6.45, 7) is 10.3. The van der Waals surface area contributed by atoms with Crippen LogP contribution in [0, 0.1) is 5.92 Å². The number of ether oxygens (including phenoxy) is 4. The van der Waals surface area contributed by atoms with Crippen molar-refractivity contribution in [3.05, 3.63) is 41.5 Å². The summed E-state index contributed by atoms with van der Waals surface area (Å²) in [5.74, 6) is -1.96.